The van der Waals surface area contributed by atoms with Gasteiger partial charge in [-0.3, -0.25) is 0 Å². The first-order chi connectivity index (χ1) is 9.27. The number of anilines is 3. The molecule has 106 valence electrons. The first-order valence-corrected chi connectivity index (χ1v) is 8.13. The molecule has 0 aliphatic rings. The van der Waals surface area contributed by atoms with Crippen molar-refractivity contribution in [2.24, 2.45) is 5.14 Å². The van der Waals surface area contributed by atoms with Crippen LogP contribution >= 0.6 is 27.5 Å². The maximum absolute atomic E-state index is 11.3. The highest BCUT2D eigenvalue weighted by Crippen LogP contribution is 2.30. The monoisotopic (exact) mass is 375 g/mol. The molecule has 0 heterocycles. The van der Waals surface area contributed by atoms with E-state index in [1.807, 2.05) is 6.07 Å². The van der Waals surface area contributed by atoms with Gasteiger partial charge in [0.15, 0.2) is 0 Å². The zero-order chi connectivity index (χ0) is 14.9. The lowest BCUT2D eigenvalue weighted by Crippen LogP contribution is -2.14. The first-order valence-electron chi connectivity index (χ1n) is 5.42. The number of sulfonamides is 1. The summed E-state index contributed by atoms with van der Waals surface area (Å²) in [6.07, 6.45) is 0. The van der Waals surface area contributed by atoms with Gasteiger partial charge >= 0.3 is 0 Å². The summed E-state index contributed by atoms with van der Waals surface area (Å²) in [4.78, 5) is -0.107. The van der Waals surface area contributed by atoms with E-state index in [0.717, 1.165) is 4.47 Å². The smallest absolute Gasteiger partial charge is 0.240 e. The maximum Gasteiger partial charge on any atom is 0.240 e. The molecule has 0 aliphatic carbocycles. The topological polar surface area (TPSA) is 98.2 Å². The average molecular weight is 377 g/mol. The van der Waals surface area contributed by atoms with Crippen LogP contribution in [0.2, 0.25) is 5.02 Å². The number of nitrogens with one attached hydrogen (secondary N) is 1. The van der Waals surface area contributed by atoms with Crippen molar-refractivity contribution in [1.29, 1.82) is 0 Å². The Morgan fingerprint density at radius 2 is 1.85 bits per heavy atom. The molecule has 0 atom stereocenters. The number of hydrogen-bond acceptors (Lipinski definition) is 4. The Morgan fingerprint density at radius 3 is 2.40 bits per heavy atom. The van der Waals surface area contributed by atoms with Crippen molar-refractivity contribution in [3.05, 3.63) is 45.9 Å². The largest absolute Gasteiger partial charge is 0.398 e. The molecule has 2 rings (SSSR count). The van der Waals surface area contributed by atoms with E-state index in [2.05, 4.69) is 21.2 Å². The highest BCUT2D eigenvalue weighted by Gasteiger charge is 2.12. The van der Waals surface area contributed by atoms with Crippen molar-refractivity contribution in [3.8, 4) is 0 Å². The molecule has 5 nitrogen and oxygen atoms in total. The van der Waals surface area contributed by atoms with E-state index in [4.69, 9.17) is 22.5 Å². The van der Waals surface area contributed by atoms with E-state index in [1.54, 1.807) is 18.2 Å². The molecule has 8 heteroatoms. The Bertz CT molecular complexity index is 765. The molecule has 2 aromatic rings. The number of rotatable bonds is 3. The zero-order valence-corrected chi connectivity index (χ0v) is 13.3. The Balaban J connectivity index is 2.34. The second-order valence-electron chi connectivity index (χ2n) is 4.05. The number of halogens is 2. The lowest BCUT2D eigenvalue weighted by Gasteiger charge is -2.11. The molecule has 0 unspecified atom stereocenters. The summed E-state index contributed by atoms with van der Waals surface area (Å²) in [5.41, 5.74) is 7.05. The van der Waals surface area contributed by atoms with E-state index in [1.165, 1.54) is 12.1 Å². The minimum absolute atomic E-state index is 0.0748. The second-order valence-corrected chi connectivity index (χ2v) is 6.90. The lowest BCUT2D eigenvalue weighted by atomic mass is 10.2. The van der Waals surface area contributed by atoms with E-state index in [-0.39, 0.29) is 10.6 Å². The molecule has 0 radical (unpaired) electrons. The number of hydrogen-bond donors (Lipinski definition) is 3. The fourth-order valence-electron chi connectivity index (χ4n) is 1.63. The Labute approximate surface area is 130 Å². The molecule has 5 N–H and O–H groups in total. The van der Waals surface area contributed by atoms with Gasteiger partial charge in [0.05, 0.1) is 16.4 Å². The molecular formula is C12H11BrClN3O2S. The summed E-state index contributed by atoms with van der Waals surface area (Å²) in [5.74, 6) is 0. The Kier molecular flexibility index (Phi) is 4.24. The van der Waals surface area contributed by atoms with Gasteiger partial charge in [-0.1, -0.05) is 27.5 Å². The first kappa shape index (κ1) is 15.1. The third-order valence-corrected chi connectivity index (χ3v) is 4.32. The molecule has 0 aliphatic heterocycles. The fraction of sp³-hybridized carbons (Fsp3) is 0. The van der Waals surface area contributed by atoms with Gasteiger partial charge in [0.1, 0.15) is 4.90 Å². The van der Waals surface area contributed by atoms with Crippen molar-refractivity contribution < 1.29 is 8.42 Å². The maximum atomic E-state index is 11.3. The predicted molar refractivity (Wildman–Crippen MR) is 84.7 cm³/mol. The van der Waals surface area contributed by atoms with Crippen molar-refractivity contribution in [2.45, 2.75) is 4.90 Å². The second kappa shape index (κ2) is 5.61. The Hall–Kier alpha value is -1.28. The molecule has 2 aromatic carbocycles. The van der Waals surface area contributed by atoms with Gasteiger partial charge in [0, 0.05) is 10.2 Å². The minimum atomic E-state index is -3.82. The van der Waals surface area contributed by atoms with Crippen LogP contribution in [0.15, 0.2) is 45.8 Å². The highest BCUT2D eigenvalue weighted by atomic mass is 79.9. The third kappa shape index (κ3) is 3.43. The third-order valence-electron chi connectivity index (χ3n) is 2.53. The van der Waals surface area contributed by atoms with Crippen LogP contribution in [0.25, 0.3) is 0 Å². The van der Waals surface area contributed by atoms with Crippen LogP contribution in [-0.2, 0) is 10.0 Å². The van der Waals surface area contributed by atoms with E-state index in [0.29, 0.717) is 16.4 Å². The molecular weight excluding hydrogens is 366 g/mol. The summed E-state index contributed by atoms with van der Waals surface area (Å²) >= 11 is 9.40. The summed E-state index contributed by atoms with van der Waals surface area (Å²) in [6, 6.07) is 9.75. The number of nitrogens with two attached hydrogens (primary N) is 2. The predicted octanol–water partition coefficient (Wildman–Crippen LogP) is 3.08. The molecule has 0 bridgehead atoms. The van der Waals surface area contributed by atoms with Crippen LogP contribution in [0.4, 0.5) is 17.1 Å². The minimum Gasteiger partial charge on any atom is -0.398 e. The van der Waals surface area contributed by atoms with Crippen LogP contribution in [0.3, 0.4) is 0 Å². The highest BCUT2D eigenvalue weighted by molar-refractivity contribution is 9.10. The zero-order valence-electron chi connectivity index (χ0n) is 10.1. The van der Waals surface area contributed by atoms with E-state index >= 15 is 0 Å². The number of primary sulfonamides is 1. The molecule has 20 heavy (non-hydrogen) atoms. The van der Waals surface area contributed by atoms with Gasteiger partial charge in [-0.05, 0) is 36.4 Å². The lowest BCUT2D eigenvalue weighted by molar-refractivity contribution is 0.598. The van der Waals surface area contributed by atoms with Crippen molar-refractivity contribution >= 4 is 54.6 Å². The van der Waals surface area contributed by atoms with Gasteiger partial charge in [0.2, 0.25) is 10.0 Å². The van der Waals surface area contributed by atoms with Gasteiger partial charge in [-0.15, -0.1) is 0 Å². The van der Waals surface area contributed by atoms with Gasteiger partial charge < -0.3 is 11.1 Å². The van der Waals surface area contributed by atoms with Gasteiger partial charge in [0.25, 0.3) is 0 Å². The van der Waals surface area contributed by atoms with E-state index in [9.17, 15) is 8.42 Å². The van der Waals surface area contributed by atoms with Crippen molar-refractivity contribution in [2.75, 3.05) is 11.1 Å². The summed E-state index contributed by atoms with van der Waals surface area (Å²) in [5, 5.41) is 8.62. The molecule has 0 fully saturated rings. The van der Waals surface area contributed by atoms with Crippen LogP contribution in [0, 0.1) is 0 Å². The molecule has 0 saturated carbocycles. The van der Waals surface area contributed by atoms with Crippen LogP contribution in [0.1, 0.15) is 0 Å². The average Bonchev–Trinajstić information content (AvgIpc) is 2.31. The van der Waals surface area contributed by atoms with Crippen LogP contribution in [-0.4, -0.2) is 8.42 Å². The van der Waals surface area contributed by atoms with Crippen LogP contribution in [0.5, 0.6) is 0 Å². The van der Waals surface area contributed by atoms with Crippen molar-refractivity contribution in [1.82, 2.24) is 0 Å². The Morgan fingerprint density at radius 1 is 1.15 bits per heavy atom. The SMILES string of the molecule is Nc1cc(Nc2ccc(Br)cc2Cl)ccc1S(N)(=O)=O. The van der Waals surface area contributed by atoms with Crippen LogP contribution < -0.4 is 16.2 Å². The molecule has 0 saturated heterocycles. The summed E-state index contributed by atoms with van der Waals surface area (Å²) in [7, 11) is -3.82. The van der Waals surface area contributed by atoms with Crippen molar-refractivity contribution in [3.63, 3.8) is 0 Å². The molecule has 0 spiro atoms. The fourth-order valence-corrected chi connectivity index (χ4v) is 3.00. The van der Waals surface area contributed by atoms with E-state index < -0.39 is 10.0 Å². The standard InChI is InChI=1S/C12H11BrClN3O2S/c13-7-1-3-11(9(14)5-7)17-8-2-4-12(10(15)6-8)20(16,18)19/h1-6,17H,15H2,(H2,16,18,19). The summed E-state index contributed by atoms with van der Waals surface area (Å²) < 4.78 is 23.4. The van der Waals surface area contributed by atoms with Gasteiger partial charge in [-0.2, -0.15) is 0 Å². The normalized spacial score (nSPS) is 11.3. The molecule has 0 amide bonds. The molecule has 0 aromatic heterocycles. The number of nitrogen functional groups attached to an aromatic ring is 1. The number of benzene rings is 2. The summed E-state index contributed by atoms with van der Waals surface area (Å²) in [6.45, 7) is 0. The van der Waals surface area contributed by atoms with Gasteiger partial charge in [-0.25, -0.2) is 13.6 Å². The quantitative estimate of drug-likeness (QED) is 0.717.